The molecule has 1 saturated carbocycles. The number of hydrogen-bond acceptors (Lipinski definition) is 3. The van der Waals surface area contributed by atoms with Crippen LogP contribution >= 0.6 is 0 Å². The molecule has 1 amide bonds. The second-order valence-electron chi connectivity index (χ2n) is 5.46. The summed E-state index contributed by atoms with van der Waals surface area (Å²) in [6.07, 6.45) is -1.57. The van der Waals surface area contributed by atoms with E-state index in [0.29, 0.717) is 0 Å². The number of amides is 1. The van der Waals surface area contributed by atoms with Crippen LogP contribution in [-0.4, -0.2) is 29.1 Å². The monoisotopic (exact) mass is 313 g/mol. The average Bonchev–Trinajstić information content (AvgIpc) is 2.43. The van der Waals surface area contributed by atoms with Crippen molar-refractivity contribution in [2.24, 2.45) is 5.92 Å². The second-order valence-corrected chi connectivity index (χ2v) is 5.46. The van der Waals surface area contributed by atoms with Crippen LogP contribution in [0.1, 0.15) is 24.8 Å². The van der Waals surface area contributed by atoms with Crippen LogP contribution in [0.4, 0.5) is 13.6 Å². The third kappa shape index (κ3) is 4.68. The van der Waals surface area contributed by atoms with E-state index in [2.05, 4.69) is 5.32 Å². The van der Waals surface area contributed by atoms with E-state index >= 15 is 0 Å². The second kappa shape index (κ2) is 6.72. The van der Waals surface area contributed by atoms with Gasteiger partial charge in [0.15, 0.2) is 0 Å². The van der Waals surface area contributed by atoms with Gasteiger partial charge in [-0.15, -0.1) is 0 Å². The van der Waals surface area contributed by atoms with E-state index in [9.17, 15) is 18.4 Å². The van der Waals surface area contributed by atoms with E-state index in [-0.39, 0.29) is 25.9 Å². The predicted molar refractivity (Wildman–Crippen MR) is 73.5 cm³/mol. The van der Waals surface area contributed by atoms with Crippen molar-refractivity contribution in [3.63, 3.8) is 0 Å². The van der Waals surface area contributed by atoms with Gasteiger partial charge in [-0.1, -0.05) is 30.3 Å². The highest BCUT2D eigenvalue weighted by Gasteiger charge is 2.46. The van der Waals surface area contributed by atoms with Crippen LogP contribution < -0.4 is 5.32 Å². The van der Waals surface area contributed by atoms with Crippen molar-refractivity contribution in [1.29, 1.82) is 0 Å². The normalized spacial score (nSPS) is 18.1. The molecule has 22 heavy (non-hydrogen) atoms. The standard InChI is InChI=1S/C15H17F2NO4/c16-15(17)7-11(8-15)6-12(13(19)20)18-14(21)22-9-10-4-2-1-3-5-10/h1-5,11-12H,6-9H2,(H,18,21)(H,19,20)/t12-/m0/s1. The number of halogens is 2. The molecule has 2 rings (SSSR count). The summed E-state index contributed by atoms with van der Waals surface area (Å²) in [7, 11) is 0. The zero-order valence-corrected chi connectivity index (χ0v) is 11.8. The lowest BCUT2D eigenvalue weighted by Crippen LogP contribution is -2.46. The molecule has 1 atom stereocenters. The highest BCUT2D eigenvalue weighted by molar-refractivity contribution is 5.79. The summed E-state index contributed by atoms with van der Waals surface area (Å²) in [5, 5.41) is 11.3. The Balaban J connectivity index is 1.78. The van der Waals surface area contributed by atoms with Gasteiger partial charge < -0.3 is 15.2 Å². The molecule has 2 N–H and O–H groups in total. The summed E-state index contributed by atoms with van der Waals surface area (Å²) in [5.41, 5.74) is 0.767. The van der Waals surface area contributed by atoms with Crippen LogP contribution in [0.2, 0.25) is 0 Å². The molecule has 120 valence electrons. The Kier molecular flexibility index (Phi) is 4.95. The zero-order chi connectivity index (χ0) is 16.2. The number of benzene rings is 1. The summed E-state index contributed by atoms with van der Waals surface area (Å²) >= 11 is 0. The van der Waals surface area contributed by atoms with Gasteiger partial charge in [0.05, 0.1) is 0 Å². The number of carbonyl (C=O) groups excluding carboxylic acids is 1. The molecule has 0 heterocycles. The van der Waals surface area contributed by atoms with E-state index < -0.39 is 29.9 Å². The largest absolute Gasteiger partial charge is 0.480 e. The van der Waals surface area contributed by atoms with Crippen molar-refractivity contribution >= 4 is 12.1 Å². The number of ether oxygens (including phenoxy) is 1. The molecule has 0 unspecified atom stereocenters. The third-order valence-electron chi connectivity index (χ3n) is 3.55. The van der Waals surface area contributed by atoms with Crippen LogP contribution in [0.25, 0.3) is 0 Å². The van der Waals surface area contributed by atoms with E-state index in [1.165, 1.54) is 0 Å². The fraction of sp³-hybridized carbons (Fsp3) is 0.467. The first-order valence-corrected chi connectivity index (χ1v) is 6.93. The maximum Gasteiger partial charge on any atom is 0.408 e. The number of carboxylic acid groups (broad SMARTS) is 1. The number of aliphatic carboxylic acids is 1. The lowest BCUT2D eigenvalue weighted by Gasteiger charge is -2.36. The van der Waals surface area contributed by atoms with E-state index in [1.807, 2.05) is 6.07 Å². The van der Waals surface area contributed by atoms with Gasteiger partial charge >= 0.3 is 12.1 Å². The molecule has 1 aliphatic carbocycles. The van der Waals surface area contributed by atoms with Crippen molar-refractivity contribution in [3.05, 3.63) is 35.9 Å². The molecule has 7 heteroatoms. The molecular weight excluding hydrogens is 296 g/mol. The maximum absolute atomic E-state index is 12.8. The quantitative estimate of drug-likeness (QED) is 0.847. The Morgan fingerprint density at radius 1 is 1.32 bits per heavy atom. The van der Waals surface area contributed by atoms with Gasteiger partial charge in [0.25, 0.3) is 0 Å². The Labute approximate surface area is 126 Å². The average molecular weight is 313 g/mol. The Morgan fingerprint density at radius 3 is 2.50 bits per heavy atom. The SMILES string of the molecule is O=C(N[C@@H](CC1CC(F)(F)C1)C(=O)O)OCc1ccccc1. The van der Waals surface area contributed by atoms with Crippen molar-refractivity contribution < 1.29 is 28.2 Å². The topological polar surface area (TPSA) is 75.6 Å². The zero-order valence-electron chi connectivity index (χ0n) is 11.8. The highest BCUT2D eigenvalue weighted by atomic mass is 19.3. The number of nitrogens with one attached hydrogen (secondary N) is 1. The fourth-order valence-electron chi connectivity index (χ4n) is 2.41. The van der Waals surface area contributed by atoms with Gasteiger partial charge in [-0.2, -0.15) is 0 Å². The Morgan fingerprint density at radius 2 is 1.95 bits per heavy atom. The lowest BCUT2D eigenvalue weighted by molar-refractivity contribution is -0.143. The molecule has 0 aromatic heterocycles. The van der Waals surface area contributed by atoms with E-state index in [1.54, 1.807) is 24.3 Å². The highest BCUT2D eigenvalue weighted by Crippen LogP contribution is 2.44. The van der Waals surface area contributed by atoms with Crippen LogP contribution in [0.3, 0.4) is 0 Å². The minimum atomic E-state index is -2.71. The number of alkyl halides is 2. The van der Waals surface area contributed by atoms with Gasteiger partial charge in [0.1, 0.15) is 12.6 Å². The number of rotatable bonds is 6. The van der Waals surface area contributed by atoms with Gasteiger partial charge in [-0.25, -0.2) is 18.4 Å². The molecule has 1 aromatic rings. The van der Waals surface area contributed by atoms with Gasteiger partial charge in [0, 0.05) is 12.8 Å². The van der Waals surface area contributed by atoms with Gasteiger partial charge in [0.2, 0.25) is 5.92 Å². The number of carboxylic acids is 1. The summed E-state index contributed by atoms with van der Waals surface area (Å²) in [6.45, 7) is 0.0144. The minimum Gasteiger partial charge on any atom is -0.480 e. The Bertz CT molecular complexity index is 528. The molecule has 0 aliphatic heterocycles. The van der Waals surface area contributed by atoms with Crippen molar-refractivity contribution in [2.75, 3.05) is 0 Å². The Hall–Kier alpha value is -2.18. The first kappa shape index (κ1) is 16.2. The van der Waals surface area contributed by atoms with Crippen LogP contribution in [0, 0.1) is 5.92 Å². The summed E-state index contributed by atoms with van der Waals surface area (Å²) < 4.78 is 30.4. The lowest BCUT2D eigenvalue weighted by atomic mass is 9.77. The number of hydrogen-bond donors (Lipinski definition) is 2. The number of carbonyl (C=O) groups is 2. The first-order valence-electron chi connectivity index (χ1n) is 6.93. The maximum atomic E-state index is 12.8. The molecule has 1 fully saturated rings. The number of alkyl carbamates (subject to hydrolysis) is 1. The summed E-state index contributed by atoms with van der Waals surface area (Å²) in [6, 6.07) is 7.69. The first-order chi connectivity index (χ1) is 10.4. The molecule has 0 bridgehead atoms. The molecule has 5 nitrogen and oxygen atoms in total. The van der Waals surface area contributed by atoms with Gasteiger partial charge in [-0.3, -0.25) is 0 Å². The van der Waals surface area contributed by atoms with Crippen molar-refractivity contribution in [1.82, 2.24) is 5.32 Å². The smallest absolute Gasteiger partial charge is 0.408 e. The van der Waals surface area contributed by atoms with Crippen molar-refractivity contribution in [3.8, 4) is 0 Å². The fourth-order valence-corrected chi connectivity index (χ4v) is 2.41. The molecule has 1 aromatic carbocycles. The minimum absolute atomic E-state index is 0.0144. The van der Waals surface area contributed by atoms with E-state index in [4.69, 9.17) is 9.84 Å². The molecule has 0 spiro atoms. The summed E-state index contributed by atoms with van der Waals surface area (Å²) in [4.78, 5) is 22.7. The van der Waals surface area contributed by atoms with Crippen LogP contribution in [-0.2, 0) is 16.1 Å². The van der Waals surface area contributed by atoms with Crippen LogP contribution in [0.15, 0.2) is 30.3 Å². The van der Waals surface area contributed by atoms with Crippen LogP contribution in [0.5, 0.6) is 0 Å². The molecule has 1 aliphatic rings. The third-order valence-corrected chi connectivity index (χ3v) is 3.55. The predicted octanol–water partition coefficient (Wildman–Crippen LogP) is 2.80. The molecule has 0 radical (unpaired) electrons. The molecule has 0 saturated heterocycles. The van der Waals surface area contributed by atoms with E-state index in [0.717, 1.165) is 5.56 Å². The molecular formula is C15H17F2NO4. The van der Waals surface area contributed by atoms with Gasteiger partial charge in [-0.05, 0) is 17.9 Å². The van der Waals surface area contributed by atoms with Crippen molar-refractivity contribution in [2.45, 2.75) is 37.8 Å². The summed E-state index contributed by atoms with van der Waals surface area (Å²) in [5.74, 6) is -4.36.